The Labute approximate surface area is 80.0 Å². The molecule has 0 aliphatic carbocycles. The predicted molar refractivity (Wildman–Crippen MR) is 58.0 cm³/mol. The maximum Gasteiger partial charge on any atom is 0.0711 e. The third-order valence-electron chi connectivity index (χ3n) is 2.58. The third-order valence-corrected chi connectivity index (χ3v) is 4.36. The molecule has 70 valence electrons. The number of hydrogen-bond acceptors (Lipinski definition) is 2. The molecule has 1 aliphatic rings. The van der Waals surface area contributed by atoms with Crippen molar-refractivity contribution in [2.75, 3.05) is 0 Å². The van der Waals surface area contributed by atoms with Crippen LogP contribution in [0, 0.1) is 5.92 Å². The first kappa shape index (κ1) is 10.1. The van der Waals surface area contributed by atoms with Gasteiger partial charge in [-0.2, -0.15) is 0 Å². The number of nitrogens with zero attached hydrogens (tertiary/aromatic N) is 1. The average molecular weight is 185 g/mol. The van der Waals surface area contributed by atoms with E-state index in [1.807, 2.05) is 11.8 Å². The van der Waals surface area contributed by atoms with Crippen LogP contribution >= 0.6 is 11.8 Å². The van der Waals surface area contributed by atoms with Crippen molar-refractivity contribution in [2.24, 2.45) is 10.9 Å². The summed E-state index contributed by atoms with van der Waals surface area (Å²) in [6, 6.07) is 0.545. The molecule has 1 heterocycles. The Hall–Kier alpha value is 0.0200. The van der Waals surface area contributed by atoms with E-state index in [1.165, 1.54) is 17.9 Å². The fourth-order valence-corrected chi connectivity index (χ4v) is 2.77. The lowest BCUT2D eigenvalue weighted by atomic mass is 10.1. The first-order valence-electron chi connectivity index (χ1n) is 4.93. The highest BCUT2D eigenvalue weighted by Crippen LogP contribution is 2.32. The van der Waals surface area contributed by atoms with Crippen molar-refractivity contribution in [3.63, 3.8) is 0 Å². The van der Waals surface area contributed by atoms with E-state index in [2.05, 4.69) is 27.7 Å². The van der Waals surface area contributed by atoms with Gasteiger partial charge in [-0.25, -0.2) is 0 Å². The zero-order chi connectivity index (χ0) is 9.14. The van der Waals surface area contributed by atoms with Gasteiger partial charge in [-0.05, 0) is 19.8 Å². The van der Waals surface area contributed by atoms with Gasteiger partial charge in [0.1, 0.15) is 0 Å². The summed E-state index contributed by atoms with van der Waals surface area (Å²) < 4.78 is 0. The van der Waals surface area contributed by atoms with Crippen molar-refractivity contribution in [3.8, 4) is 0 Å². The largest absolute Gasteiger partial charge is 0.278 e. The summed E-state index contributed by atoms with van der Waals surface area (Å²) in [6.45, 7) is 8.99. The van der Waals surface area contributed by atoms with Crippen LogP contribution in [0.25, 0.3) is 0 Å². The molecule has 0 spiro atoms. The van der Waals surface area contributed by atoms with Gasteiger partial charge in [0.25, 0.3) is 0 Å². The molecule has 12 heavy (non-hydrogen) atoms. The van der Waals surface area contributed by atoms with E-state index < -0.39 is 0 Å². The Morgan fingerprint density at radius 2 is 2.17 bits per heavy atom. The second-order valence-electron chi connectivity index (χ2n) is 3.58. The molecule has 0 aromatic carbocycles. The van der Waals surface area contributed by atoms with Crippen molar-refractivity contribution in [3.05, 3.63) is 0 Å². The van der Waals surface area contributed by atoms with Crippen molar-refractivity contribution in [1.29, 1.82) is 0 Å². The van der Waals surface area contributed by atoms with Crippen LogP contribution in [0.15, 0.2) is 4.99 Å². The third kappa shape index (κ3) is 2.03. The van der Waals surface area contributed by atoms with Crippen molar-refractivity contribution in [2.45, 2.75) is 51.8 Å². The van der Waals surface area contributed by atoms with Crippen LogP contribution in [-0.4, -0.2) is 16.3 Å². The predicted octanol–water partition coefficient (Wildman–Crippen LogP) is 3.34. The van der Waals surface area contributed by atoms with Crippen LogP contribution < -0.4 is 0 Å². The Balaban J connectivity index is 2.54. The normalized spacial score (nSPS) is 31.8. The molecule has 0 amide bonds. The highest BCUT2D eigenvalue weighted by Gasteiger charge is 2.26. The van der Waals surface area contributed by atoms with Gasteiger partial charge >= 0.3 is 0 Å². The van der Waals surface area contributed by atoms with Gasteiger partial charge in [-0.1, -0.05) is 20.8 Å². The van der Waals surface area contributed by atoms with Crippen LogP contribution in [0.4, 0.5) is 0 Å². The van der Waals surface area contributed by atoms with Crippen LogP contribution in [0.2, 0.25) is 0 Å². The number of hydrogen-bond donors (Lipinski definition) is 0. The molecule has 0 bridgehead atoms. The SMILES string of the molecule is CCC(C)C1=N[C@H](C)[C@@H](CC)S1. The van der Waals surface area contributed by atoms with Crippen molar-refractivity contribution >= 4 is 16.8 Å². The Kier molecular flexibility index (Phi) is 3.63. The van der Waals surface area contributed by atoms with Gasteiger partial charge in [-0.15, -0.1) is 11.8 Å². The zero-order valence-corrected chi connectivity index (χ0v) is 9.32. The van der Waals surface area contributed by atoms with Crippen molar-refractivity contribution < 1.29 is 0 Å². The first-order valence-corrected chi connectivity index (χ1v) is 5.81. The summed E-state index contributed by atoms with van der Waals surface area (Å²) in [5, 5.41) is 2.13. The number of thioether (sulfide) groups is 1. The molecule has 1 aliphatic heterocycles. The van der Waals surface area contributed by atoms with Gasteiger partial charge in [0.05, 0.1) is 11.1 Å². The number of rotatable bonds is 3. The molecule has 0 aromatic rings. The van der Waals surface area contributed by atoms with Gasteiger partial charge in [0.15, 0.2) is 0 Å². The van der Waals surface area contributed by atoms with Crippen LogP contribution in [-0.2, 0) is 0 Å². The monoisotopic (exact) mass is 185 g/mol. The van der Waals surface area contributed by atoms with Crippen molar-refractivity contribution in [1.82, 2.24) is 0 Å². The van der Waals surface area contributed by atoms with E-state index in [4.69, 9.17) is 4.99 Å². The molecule has 0 fully saturated rings. The topological polar surface area (TPSA) is 12.4 Å². The van der Waals surface area contributed by atoms with E-state index >= 15 is 0 Å². The Morgan fingerprint density at radius 1 is 1.50 bits per heavy atom. The summed E-state index contributed by atoms with van der Waals surface area (Å²) >= 11 is 2.00. The molecule has 0 radical (unpaired) electrons. The lowest BCUT2D eigenvalue weighted by molar-refractivity contribution is 0.678. The van der Waals surface area contributed by atoms with E-state index in [-0.39, 0.29) is 0 Å². The smallest absolute Gasteiger partial charge is 0.0711 e. The minimum atomic E-state index is 0.545. The molecule has 0 saturated carbocycles. The minimum Gasteiger partial charge on any atom is -0.278 e. The zero-order valence-electron chi connectivity index (χ0n) is 8.50. The maximum atomic E-state index is 4.69. The summed E-state index contributed by atoms with van der Waals surface area (Å²) in [5.41, 5.74) is 0. The summed E-state index contributed by atoms with van der Waals surface area (Å²) in [5.74, 6) is 0.675. The molecule has 2 heteroatoms. The highest BCUT2D eigenvalue weighted by atomic mass is 32.2. The highest BCUT2D eigenvalue weighted by molar-refractivity contribution is 8.14. The number of aliphatic imine (C=N–C) groups is 1. The van der Waals surface area contributed by atoms with Crippen LogP contribution in [0.1, 0.15) is 40.5 Å². The summed E-state index contributed by atoms with van der Waals surface area (Å²) in [7, 11) is 0. The van der Waals surface area contributed by atoms with Gasteiger partial charge < -0.3 is 0 Å². The molecule has 3 atom stereocenters. The van der Waals surface area contributed by atoms with Crippen LogP contribution in [0.3, 0.4) is 0 Å². The molecular formula is C10H19NS. The van der Waals surface area contributed by atoms with E-state index in [0.717, 1.165) is 5.25 Å². The molecule has 0 saturated heterocycles. The molecular weight excluding hydrogens is 166 g/mol. The van der Waals surface area contributed by atoms with Gasteiger partial charge in [-0.3, -0.25) is 4.99 Å². The maximum absolute atomic E-state index is 4.69. The molecule has 1 nitrogen and oxygen atoms in total. The first-order chi connectivity index (χ1) is 5.69. The van der Waals surface area contributed by atoms with Gasteiger partial charge in [0.2, 0.25) is 0 Å². The van der Waals surface area contributed by atoms with E-state index in [9.17, 15) is 0 Å². The molecule has 0 N–H and O–H groups in total. The summed E-state index contributed by atoms with van der Waals surface area (Å²) in [4.78, 5) is 4.69. The second-order valence-corrected chi connectivity index (χ2v) is 4.84. The lowest BCUT2D eigenvalue weighted by Crippen LogP contribution is -2.11. The quantitative estimate of drug-likeness (QED) is 0.657. The summed E-state index contributed by atoms with van der Waals surface area (Å²) in [6.07, 6.45) is 2.46. The standard InChI is InChI=1S/C10H19NS/c1-5-7(3)10-11-8(4)9(6-2)12-10/h7-9H,5-6H2,1-4H3/t7?,8-,9-/m1/s1. The minimum absolute atomic E-state index is 0.545. The second kappa shape index (κ2) is 4.31. The lowest BCUT2D eigenvalue weighted by Gasteiger charge is -2.10. The molecule has 1 unspecified atom stereocenters. The molecule has 1 rings (SSSR count). The van der Waals surface area contributed by atoms with Gasteiger partial charge in [0, 0.05) is 11.2 Å². The van der Waals surface area contributed by atoms with E-state index in [0.29, 0.717) is 12.0 Å². The van der Waals surface area contributed by atoms with Crippen LogP contribution in [0.5, 0.6) is 0 Å². The fourth-order valence-electron chi connectivity index (χ4n) is 1.41. The Morgan fingerprint density at radius 3 is 2.58 bits per heavy atom. The molecule has 0 aromatic heterocycles. The fraction of sp³-hybridized carbons (Fsp3) is 0.900. The Bertz CT molecular complexity index is 177. The van der Waals surface area contributed by atoms with E-state index in [1.54, 1.807) is 0 Å². The average Bonchev–Trinajstić information content (AvgIpc) is 2.45.